The lowest BCUT2D eigenvalue weighted by atomic mass is 10.1. The number of halogens is 6. The third-order valence-corrected chi connectivity index (χ3v) is 2.01. The van der Waals surface area contributed by atoms with Crippen LogP contribution in [0.3, 0.4) is 0 Å². The minimum atomic E-state index is -5.30. The Morgan fingerprint density at radius 2 is 1.79 bits per heavy atom. The molecule has 0 aromatic carbocycles. The molecule has 0 radical (unpaired) electrons. The highest BCUT2D eigenvalue weighted by atomic mass is 19.4. The fourth-order valence-electron chi connectivity index (χ4n) is 1.31. The number of nitrogens with zero attached hydrogens (tertiary/aromatic N) is 1. The molecule has 0 fully saturated rings. The van der Waals surface area contributed by atoms with Crippen molar-refractivity contribution in [1.82, 2.24) is 4.98 Å². The Hall–Kier alpha value is -1.71. The van der Waals surface area contributed by atoms with E-state index < -0.39 is 41.8 Å². The summed E-state index contributed by atoms with van der Waals surface area (Å²) in [5.41, 5.74) is 2.83. The van der Waals surface area contributed by atoms with Crippen LogP contribution in [-0.2, 0) is 12.7 Å². The highest BCUT2D eigenvalue weighted by Gasteiger charge is 2.41. The van der Waals surface area contributed by atoms with Crippen LogP contribution in [0.25, 0.3) is 0 Å². The largest absolute Gasteiger partial charge is 0.573 e. The van der Waals surface area contributed by atoms with Crippen molar-refractivity contribution in [3.05, 3.63) is 17.3 Å². The predicted octanol–water partition coefficient (Wildman–Crippen LogP) is 2.47. The maximum atomic E-state index is 12.6. The fraction of sp³-hybridized carbons (Fsp3) is 0.444. The molecule has 0 unspecified atom stereocenters. The van der Waals surface area contributed by atoms with Crippen molar-refractivity contribution >= 4 is 0 Å². The molecule has 4 nitrogen and oxygen atoms in total. The zero-order valence-corrected chi connectivity index (χ0v) is 9.39. The molecule has 2 N–H and O–H groups in total. The van der Waals surface area contributed by atoms with Crippen LogP contribution in [0.1, 0.15) is 11.1 Å². The van der Waals surface area contributed by atoms with Gasteiger partial charge in [0.2, 0.25) is 5.88 Å². The first kappa shape index (κ1) is 15.3. The first-order valence-electron chi connectivity index (χ1n) is 4.69. The number of rotatable bonds is 3. The van der Waals surface area contributed by atoms with Gasteiger partial charge in [0.15, 0.2) is 5.75 Å². The third kappa shape index (κ3) is 3.63. The molecule has 0 aliphatic rings. The van der Waals surface area contributed by atoms with Gasteiger partial charge in [-0.2, -0.15) is 13.2 Å². The van der Waals surface area contributed by atoms with E-state index in [9.17, 15) is 26.3 Å². The molecule has 1 rings (SSSR count). The Balaban J connectivity index is 3.49. The van der Waals surface area contributed by atoms with Crippen molar-refractivity contribution in [2.45, 2.75) is 19.1 Å². The average Bonchev–Trinajstić information content (AvgIpc) is 2.24. The molecule has 0 aliphatic carbocycles. The Bertz CT molecular complexity index is 457. The Morgan fingerprint density at radius 1 is 1.21 bits per heavy atom. The fourth-order valence-corrected chi connectivity index (χ4v) is 1.31. The van der Waals surface area contributed by atoms with E-state index in [1.54, 1.807) is 0 Å². The quantitative estimate of drug-likeness (QED) is 0.869. The van der Waals surface area contributed by atoms with Gasteiger partial charge >= 0.3 is 12.5 Å². The Labute approximate surface area is 103 Å². The smallest absolute Gasteiger partial charge is 0.481 e. The highest BCUT2D eigenvalue weighted by Crippen LogP contribution is 2.42. The van der Waals surface area contributed by atoms with E-state index in [0.717, 1.165) is 7.11 Å². The molecule has 0 saturated carbocycles. The van der Waals surface area contributed by atoms with Crippen LogP contribution in [0, 0.1) is 0 Å². The number of alkyl halides is 6. The van der Waals surface area contributed by atoms with Crippen LogP contribution in [0.5, 0.6) is 11.6 Å². The van der Waals surface area contributed by atoms with Gasteiger partial charge in [-0.25, -0.2) is 4.98 Å². The first-order chi connectivity index (χ1) is 8.60. The molecule has 0 spiro atoms. The Morgan fingerprint density at radius 3 is 2.16 bits per heavy atom. The second-order valence-corrected chi connectivity index (χ2v) is 3.24. The molecule has 1 heterocycles. The summed E-state index contributed by atoms with van der Waals surface area (Å²) >= 11 is 0. The number of methoxy groups -OCH3 is 1. The summed E-state index contributed by atoms with van der Waals surface area (Å²) in [4.78, 5) is 3.26. The van der Waals surface area contributed by atoms with Gasteiger partial charge in [0.05, 0.1) is 12.7 Å². The van der Waals surface area contributed by atoms with E-state index in [0.29, 0.717) is 0 Å². The van der Waals surface area contributed by atoms with Crippen molar-refractivity contribution in [2.24, 2.45) is 5.73 Å². The lowest BCUT2D eigenvalue weighted by Gasteiger charge is -2.19. The van der Waals surface area contributed by atoms with Gasteiger partial charge in [-0.1, -0.05) is 0 Å². The molecule has 1 aromatic rings. The molecular weight excluding hydrogens is 282 g/mol. The van der Waals surface area contributed by atoms with E-state index in [1.165, 1.54) is 0 Å². The van der Waals surface area contributed by atoms with Gasteiger partial charge in [-0.15, -0.1) is 13.2 Å². The van der Waals surface area contributed by atoms with E-state index in [-0.39, 0.29) is 6.20 Å². The SMILES string of the molecule is COc1ncc(C(F)(F)F)c(OC(F)(F)F)c1CN. The first-order valence-corrected chi connectivity index (χ1v) is 4.69. The van der Waals surface area contributed by atoms with E-state index in [1.807, 2.05) is 0 Å². The lowest BCUT2D eigenvalue weighted by Crippen LogP contribution is -2.22. The molecule has 0 atom stereocenters. The molecule has 108 valence electrons. The van der Waals surface area contributed by atoms with Crippen molar-refractivity contribution in [2.75, 3.05) is 7.11 Å². The summed E-state index contributed by atoms with van der Waals surface area (Å²) in [5, 5.41) is 0. The summed E-state index contributed by atoms with van der Waals surface area (Å²) in [5.74, 6) is -1.91. The van der Waals surface area contributed by atoms with E-state index in [4.69, 9.17) is 5.73 Å². The molecule has 1 aromatic heterocycles. The minimum Gasteiger partial charge on any atom is -0.481 e. The summed E-state index contributed by atoms with van der Waals surface area (Å²) in [6.45, 7) is -0.661. The summed E-state index contributed by atoms with van der Waals surface area (Å²) in [7, 11) is 1.03. The number of hydrogen-bond acceptors (Lipinski definition) is 4. The standard InChI is InChI=1S/C9H8F6N2O2/c1-18-7-4(2-16)6(19-9(13,14)15)5(3-17-7)8(10,11)12/h3H,2,16H2,1H3. The Kier molecular flexibility index (Phi) is 4.13. The predicted molar refractivity (Wildman–Crippen MR) is 50.4 cm³/mol. The van der Waals surface area contributed by atoms with Crippen molar-refractivity contribution < 1.29 is 35.8 Å². The molecule has 0 aliphatic heterocycles. The minimum absolute atomic E-state index is 0.194. The molecule has 10 heteroatoms. The lowest BCUT2D eigenvalue weighted by molar-refractivity contribution is -0.276. The average molecular weight is 290 g/mol. The molecular formula is C9H8F6N2O2. The number of ether oxygens (including phenoxy) is 2. The topological polar surface area (TPSA) is 57.4 Å². The van der Waals surface area contributed by atoms with Crippen LogP contribution in [0.15, 0.2) is 6.20 Å². The van der Waals surface area contributed by atoms with E-state index >= 15 is 0 Å². The second kappa shape index (κ2) is 5.11. The van der Waals surface area contributed by atoms with Crippen LogP contribution in [-0.4, -0.2) is 18.5 Å². The third-order valence-electron chi connectivity index (χ3n) is 2.01. The normalized spacial score (nSPS) is 12.4. The summed E-state index contributed by atoms with van der Waals surface area (Å²) < 4.78 is 82.3. The number of pyridine rings is 1. The van der Waals surface area contributed by atoms with Crippen molar-refractivity contribution in [3.8, 4) is 11.6 Å². The molecule has 19 heavy (non-hydrogen) atoms. The monoisotopic (exact) mass is 290 g/mol. The maximum Gasteiger partial charge on any atom is 0.573 e. The van der Waals surface area contributed by atoms with Gasteiger partial charge < -0.3 is 15.2 Å². The van der Waals surface area contributed by atoms with Gasteiger partial charge in [-0.3, -0.25) is 0 Å². The van der Waals surface area contributed by atoms with Gasteiger partial charge in [0, 0.05) is 12.7 Å². The van der Waals surface area contributed by atoms with Crippen molar-refractivity contribution in [1.29, 1.82) is 0 Å². The van der Waals surface area contributed by atoms with Crippen LogP contribution >= 0.6 is 0 Å². The van der Waals surface area contributed by atoms with Gasteiger partial charge in [0.1, 0.15) is 5.56 Å². The second-order valence-electron chi connectivity index (χ2n) is 3.24. The molecule has 0 saturated heterocycles. The zero-order chi connectivity index (χ0) is 14.8. The van der Waals surface area contributed by atoms with Gasteiger partial charge in [-0.05, 0) is 0 Å². The number of hydrogen-bond donors (Lipinski definition) is 1. The van der Waals surface area contributed by atoms with Crippen LogP contribution in [0.2, 0.25) is 0 Å². The van der Waals surface area contributed by atoms with Crippen LogP contribution < -0.4 is 15.2 Å². The summed E-state index contributed by atoms with van der Waals surface area (Å²) in [6, 6.07) is 0. The maximum absolute atomic E-state index is 12.6. The highest BCUT2D eigenvalue weighted by molar-refractivity contribution is 5.47. The molecule has 0 bridgehead atoms. The zero-order valence-electron chi connectivity index (χ0n) is 9.39. The summed E-state index contributed by atoms with van der Waals surface area (Å²) in [6.07, 6.45) is -10.2. The number of aromatic nitrogens is 1. The van der Waals surface area contributed by atoms with Crippen molar-refractivity contribution in [3.63, 3.8) is 0 Å². The number of nitrogens with two attached hydrogens (primary N) is 1. The van der Waals surface area contributed by atoms with Crippen LogP contribution in [0.4, 0.5) is 26.3 Å². The van der Waals surface area contributed by atoms with E-state index in [2.05, 4.69) is 14.5 Å². The van der Waals surface area contributed by atoms with Gasteiger partial charge in [0.25, 0.3) is 0 Å². The molecule has 0 amide bonds.